The number of anilines is 2. The Morgan fingerprint density at radius 2 is 1.73 bits per heavy atom. The van der Waals surface area contributed by atoms with E-state index in [-0.39, 0.29) is 34.3 Å². The van der Waals surface area contributed by atoms with E-state index in [4.69, 9.17) is 28.3 Å². The van der Waals surface area contributed by atoms with Crippen molar-refractivity contribution in [1.29, 1.82) is 0 Å². The lowest BCUT2D eigenvalue weighted by Crippen LogP contribution is -2.43. The number of hydrogen-bond acceptors (Lipinski definition) is 3. The summed E-state index contributed by atoms with van der Waals surface area (Å²) in [7, 11) is 0. The van der Waals surface area contributed by atoms with Gasteiger partial charge in [0.1, 0.15) is 12.4 Å². The summed E-state index contributed by atoms with van der Waals surface area (Å²) in [5.41, 5.74) is 0.768. The molecule has 0 aliphatic rings. The molecular formula is C24H35Cl2N5O2. The van der Waals surface area contributed by atoms with Gasteiger partial charge in [-0.05, 0) is 38.8 Å². The second-order valence-corrected chi connectivity index (χ2v) is 11.4. The zero-order valence-corrected chi connectivity index (χ0v) is 22.2. The van der Waals surface area contributed by atoms with Crippen LogP contribution in [0, 0.1) is 5.92 Å². The zero-order valence-electron chi connectivity index (χ0n) is 20.7. The van der Waals surface area contributed by atoms with Gasteiger partial charge in [-0.15, -0.1) is 0 Å². The quantitative estimate of drug-likeness (QED) is 0.488. The summed E-state index contributed by atoms with van der Waals surface area (Å²) in [5.74, 6) is 0.444. The Hall–Kier alpha value is -2.25. The van der Waals surface area contributed by atoms with Crippen LogP contribution in [-0.4, -0.2) is 39.7 Å². The van der Waals surface area contributed by atoms with Crippen LogP contribution in [0.3, 0.4) is 0 Å². The molecular weight excluding hydrogens is 461 g/mol. The SMILES string of the molecule is CC(C)CN(CC(=O)Nc1cc(C(C)(C)C)nn1C(C)(C)C)C(=O)Nc1cccc(Cl)c1Cl. The summed E-state index contributed by atoms with van der Waals surface area (Å²) in [4.78, 5) is 27.4. The van der Waals surface area contributed by atoms with Gasteiger partial charge in [0.05, 0.1) is 27.0 Å². The van der Waals surface area contributed by atoms with Crippen molar-refractivity contribution in [2.24, 2.45) is 5.92 Å². The number of nitrogens with one attached hydrogen (secondary N) is 2. The molecule has 33 heavy (non-hydrogen) atoms. The predicted octanol–water partition coefficient (Wildman–Crippen LogP) is 6.37. The number of carbonyl (C=O) groups is 2. The number of hydrogen-bond donors (Lipinski definition) is 2. The maximum absolute atomic E-state index is 13.0. The molecule has 1 aromatic heterocycles. The molecule has 0 bridgehead atoms. The van der Waals surface area contributed by atoms with Crippen LogP contribution >= 0.6 is 23.2 Å². The topological polar surface area (TPSA) is 79.3 Å². The van der Waals surface area contributed by atoms with E-state index in [1.165, 1.54) is 4.90 Å². The fourth-order valence-corrected chi connectivity index (χ4v) is 3.51. The highest BCUT2D eigenvalue weighted by Gasteiger charge is 2.27. The standard InChI is InChI=1S/C24H35Cl2N5O2/c1-15(2)13-30(22(33)27-17-11-9-10-16(25)21(17)26)14-20(32)28-19-12-18(23(3,4)5)29-31(19)24(6,7)8/h9-12,15H,13-14H2,1-8H3,(H,27,33)(H,28,32). The number of urea groups is 1. The average molecular weight is 496 g/mol. The molecule has 0 radical (unpaired) electrons. The number of halogens is 2. The number of carbonyl (C=O) groups excluding carboxylic acids is 2. The normalized spacial score (nSPS) is 12.1. The van der Waals surface area contributed by atoms with Crippen molar-refractivity contribution in [1.82, 2.24) is 14.7 Å². The van der Waals surface area contributed by atoms with Gasteiger partial charge >= 0.3 is 6.03 Å². The molecule has 1 heterocycles. The highest BCUT2D eigenvalue weighted by atomic mass is 35.5. The molecule has 2 N–H and O–H groups in total. The molecule has 3 amide bonds. The minimum Gasteiger partial charge on any atom is -0.315 e. The summed E-state index contributed by atoms with van der Waals surface area (Å²) in [6, 6.07) is 6.47. The fraction of sp³-hybridized carbons (Fsp3) is 0.542. The molecule has 0 atom stereocenters. The monoisotopic (exact) mass is 495 g/mol. The van der Waals surface area contributed by atoms with Crippen LogP contribution in [-0.2, 0) is 15.7 Å². The lowest BCUT2D eigenvalue weighted by atomic mass is 9.92. The zero-order chi connectivity index (χ0) is 25.1. The third kappa shape index (κ3) is 7.37. The van der Waals surface area contributed by atoms with E-state index < -0.39 is 6.03 Å². The first-order valence-electron chi connectivity index (χ1n) is 11.0. The number of amides is 3. The van der Waals surface area contributed by atoms with Crippen molar-refractivity contribution in [2.45, 2.75) is 66.3 Å². The van der Waals surface area contributed by atoms with Gasteiger partial charge in [-0.3, -0.25) is 4.79 Å². The Bertz CT molecular complexity index is 1000. The van der Waals surface area contributed by atoms with Gasteiger partial charge in [0.15, 0.2) is 0 Å². The van der Waals surface area contributed by atoms with Gasteiger partial charge in [0, 0.05) is 18.0 Å². The molecule has 2 aromatic rings. The Morgan fingerprint density at radius 1 is 1.09 bits per heavy atom. The summed E-state index contributed by atoms with van der Waals surface area (Å²) in [5, 5.41) is 11.0. The van der Waals surface area contributed by atoms with Crippen molar-refractivity contribution in [3.8, 4) is 0 Å². The van der Waals surface area contributed by atoms with Gasteiger partial charge in [-0.1, -0.05) is 63.9 Å². The van der Waals surface area contributed by atoms with Crippen LogP contribution < -0.4 is 10.6 Å². The Labute approximate surface area is 206 Å². The molecule has 0 saturated heterocycles. The summed E-state index contributed by atoms with van der Waals surface area (Å²) >= 11 is 12.3. The minimum atomic E-state index is -0.428. The van der Waals surface area contributed by atoms with E-state index in [1.54, 1.807) is 18.2 Å². The molecule has 0 fully saturated rings. The molecule has 7 nitrogen and oxygen atoms in total. The van der Waals surface area contributed by atoms with Gasteiger partial charge in [-0.2, -0.15) is 5.10 Å². The minimum absolute atomic E-state index is 0.123. The molecule has 0 spiro atoms. The molecule has 182 valence electrons. The first kappa shape index (κ1) is 27.0. The van der Waals surface area contributed by atoms with Crippen molar-refractivity contribution in [2.75, 3.05) is 23.7 Å². The van der Waals surface area contributed by atoms with E-state index >= 15 is 0 Å². The van der Waals surface area contributed by atoms with Crippen molar-refractivity contribution in [3.63, 3.8) is 0 Å². The number of rotatable bonds is 6. The molecule has 9 heteroatoms. The van der Waals surface area contributed by atoms with E-state index in [9.17, 15) is 9.59 Å². The third-order valence-corrected chi connectivity index (χ3v) is 5.60. The van der Waals surface area contributed by atoms with E-state index in [1.807, 2.05) is 45.4 Å². The van der Waals surface area contributed by atoms with Crippen LogP contribution in [0.4, 0.5) is 16.3 Å². The summed E-state index contributed by atoms with van der Waals surface area (Å²) in [6.45, 7) is 16.5. The number of benzene rings is 1. The van der Waals surface area contributed by atoms with Crippen molar-refractivity contribution >= 4 is 46.6 Å². The molecule has 0 saturated carbocycles. The van der Waals surface area contributed by atoms with Crippen molar-refractivity contribution in [3.05, 3.63) is 40.0 Å². The van der Waals surface area contributed by atoms with Crippen LogP contribution in [0.5, 0.6) is 0 Å². The smallest absolute Gasteiger partial charge is 0.315 e. The van der Waals surface area contributed by atoms with Crippen LogP contribution in [0.2, 0.25) is 10.0 Å². The Morgan fingerprint density at radius 3 is 2.27 bits per heavy atom. The summed E-state index contributed by atoms with van der Waals surface area (Å²) in [6.07, 6.45) is 0. The second-order valence-electron chi connectivity index (χ2n) is 10.6. The molecule has 0 unspecified atom stereocenters. The molecule has 0 aliphatic heterocycles. The maximum Gasteiger partial charge on any atom is 0.322 e. The van der Waals surface area contributed by atoms with Crippen LogP contribution in [0.25, 0.3) is 0 Å². The fourth-order valence-electron chi connectivity index (χ4n) is 3.16. The molecule has 1 aromatic carbocycles. The van der Waals surface area contributed by atoms with Gasteiger partial charge < -0.3 is 15.5 Å². The highest BCUT2D eigenvalue weighted by molar-refractivity contribution is 6.43. The Balaban J connectivity index is 2.23. The summed E-state index contributed by atoms with van der Waals surface area (Å²) < 4.78 is 1.81. The molecule has 2 rings (SSSR count). The van der Waals surface area contributed by atoms with Gasteiger partial charge in [0.2, 0.25) is 5.91 Å². The third-order valence-electron chi connectivity index (χ3n) is 4.78. The maximum atomic E-state index is 13.0. The first-order chi connectivity index (χ1) is 15.1. The first-order valence-corrected chi connectivity index (χ1v) is 11.8. The predicted molar refractivity (Wildman–Crippen MR) is 136 cm³/mol. The lowest BCUT2D eigenvalue weighted by molar-refractivity contribution is -0.116. The lowest BCUT2D eigenvalue weighted by Gasteiger charge is -2.26. The Kier molecular flexibility index (Phi) is 8.47. The van der Waals surface area contributed by atoms with Crippen molar-refractivity contribution < 1.29 is 9.59 Å². The molecule has 0 aliphatic carbocycles. The van der Waals surface area contributed by atoms with E-state index in [2.05, 4.69) is 31.4 Å². The van der Waals surface area contributed by atoms with Gasteiger partial charge in [0.25, 0.3) is 0 Å². The second kappa shape index (κ2) is 10.3. The van der Waals surface area contributed by atoms with Crippen LogP contribution in [0.1, 0.15) is 61.1 Å². The highest BCUT2D eigenvalue weighted by Crippen LogP contribution is 2.30. The average Bonchev–Trinajstić information content (AvgIpc) is 3.09. The van der Waals surface area contributed by atoms with Crippen LogP contribution in [0.15, 0.2) is 24.3 Å². The van der Waals surface area contributed by atoms with Gasteiger partial charge in [-0.25, -0.2) is 9.48 Å². The number of nitrogens with zero attached hydrogens (tertiary/aromatic N) is 3. The van der Waals surface area contributed by atoms with E-state index in [0.29, 0.717) is 23.1 Å². The number of aromatic nitrogens is 2. The largest absolute Gasteiger partial charge is 0.322 e. The van der Waals surface area contributed by atoms with E-state index in [0.717, 1.165) is 5.69 Å².